The van der Waals surface area contributed by atoms with Crippen LogP contribution in [0.3, 0.4) is 0 Å². The summed E-state index contributed by atoms with van der Waals surface area (Å²) < 4.78 is 0. The summed E-state index contributed by atoms with van der Waals surface area (Å²) in [6.07, 6.45) is 1.30. The Balaban J connectivity index is 1.77. The maximum Gasteiger partial charge on any atom is 0.128 e. The molecule has 0 amide bonds. The molecular formula is C18H23NO. The van der Waals surface area contributed by atoms with Crippen LogP contribution in [-0.4, -0.2) is 11.7 Å². The fourth-order valence-electron chi connectivity index (χ4n) is 2.97. The van der Waals surface area contributed by atoms with Gasteiger partial charge in [0.1, 0.15) is 5.75 Å². The van der Waals surface area contributed by atoms with E-state index < -0.39 is 0 Å². The number of rotatable bonds is 4. The van der Waals surface area contributed by atoms with E-state index in [-0.39, 0.29) is 6.04 Å². The molecule has 2 aromatic carbocycles. The van der Waals surface area contributed by atoms with Crippen LogP contribution in [0.4, 0.5) is 0 Å². The van der Waals surface area contributed by atoms with E-state index in [1.54, 1.807) is 0 Å². The molecule has 106 valence electrons. The molecule has 2 N–H and O–H groups in total. The van der Waals surface area contributed by atoms with Gasteiger partial charge in [-0.1, -0.05) is 50.2 Å². The van der Waals surface area contributed by atoms with Crippen molar-refractivity contribution in [2.75, 3.05) is 6.54 Å². The second-order valence-corrected chi connectivity index (χ2v) is 6.74. The summed E-state index contributed by atoms with van der Waals surface area (Å²) in [4.78, 5) is 0. The van der Waals surface area contributed by atoms with E-state index in [4.69, 9.17) is 0 Å². The van der Waals surface area contributed by atoms with Gasteiger partial charge in [0, 0.05) is 17.0 Å². The molecule has 0 heterocycles. The third-order valence-corrected chi connectivity index (χ3v) is 4.79. The summed E-state index contributed by atoms with van der Waals surface area (Å²) in [5, 5.41) is 16.0. The van der Waals surface area contributed by atoms with Crippen molar-refractivity contribution in [2.24, 2.45) is 11.3 Å². The number of nitrogens with one attached hydrogen (secondary N) is 1. The van der Waals surface area contributed by atoms with Gasteiger partial charge in [0.15, 0.2) is 0 Å². The summed E-state index contributed by atoms with van der Waals surface area (Å²) >= 11 is 0. The molecular weight excluding hydrogens is 246 g/mol. The molecule has 2 nitrogen and oxygen atoms in total. The van der Waals surface area contributed by atoms with Crippen LogP contribution in [0.1, 0.15) is 38.8 Å². The molecule has 0 radical (unpaired) electrons. The average molecular weight is 269 g/mol. The third kappa shape index (κ3) is 2.40. The van der Waals surface area contributed by atoms with Gasteiger partial charge in [-0.3, -0.25) is 0 Å². The lowest BCUT2D eigenvalue weighted by molar-refractivity contribution is 0.447. The van der Waals surface area contributed by atoms with Crippen LogP contribution in [0, 0.1) is 11.3 Å². The highest BCUT2D eigenvalue weighted by Crippen LogP contribution is 2.51. The number of hydrogen-bond donors (Lipinski definition) is 2. The maximum absolute atomic E-state index is 10.5. The fraction of sp³-hybridized carbons (Fsp3) is 0.444. The molecule has 20 heavy (non-hydrogen) atoms. The largest absolute Gasteiger partial charge is 0.507 e. The Kier molecular flexibility index (Phi) is 3.21. The average Bonchev–Trinajstić information content (AvgIpc) is 3.04. The van der Waals surface area contributed by atoms with E-state index in [9.17, 15) is 5.11 Å². The summed E-state index contributed by atoms with van der Waals surface area (Å²) in [6.45, 7) is 7.79. The molecule has 2 heteroatoms. The first-order chi connectivity index (χ1) is 9.49. The van der Waals surface area contributed by atoms with Crippen molar-refractivity contribution in [3.05, 3.63) is 42.0 Å². The molecule has 1 saturated carbocycles. The maximum atomic E-state index is 10.5. The summed E-state index contributed by atoms with van der Waals surface area (Å²) in [5.74, 6) is 1.19. The van der Waals surface area contributed by atoms with Crippen molar-refractivity contribution in [1.82, 2.24) is 5.32 Å². The summed E-state index contributed by atoms with van der Waals surface area (Å²) in [7, 11) is 0. The Hall–Kier alpha value is -1.54. The first-order valence-corrected chi connectivity index (χ1v) is 7.43. The number of aromatic hydroxyl groups is 1. The monoisotopic (exact) mass is 269 g/mol. The topological polar surface area (TPSA) is 32.3 Å². The minimum Gasteiger partial charge on any atom is -0.507 e. The molecule has 1 aliphatic rings. The lowest BCUT2D eigenvalue weighted by Crippen LogP contribution is -2.22. The van der Waals surface area contributed by atoms with Gasteiger partial charge in [-0.2, -0.15) is 0 Å². The molecule has 2 aromatic rings. The molecule has 2 atom stereocenters. The molecule has 1 fully saturated rings. The standard InChI is InChI=1S/C18H23NO/c1-12(19-11-14-10-18(14,2)3)15-9-8-13-6-4-5-7-16(13)17(15)20/h4-9,12,14,19-20H,10-11H2,1-3H3. The SMILES string of the molecule is CC(NCC1CC1(C)C)c1ccc2ccccc2c1O. The number of phenolic OH excluding ortho intramolecular Hbond substituents is 1. The highest BCUT2D eigenvalue weighted by molar-refractivity contribution is 5.89. The van der Waals surface area contributed by atoms with Gasteiger partial charge in [0.25, 0.3) is 0 Å². The smallest absolute Gasteiger partial charge is 0.128 e. The van der Waals surface area contributed by atoms with Crippen LogP contribution in [0.2, 0.25) is 0 Å². The lowest BCUT2D eigenvalue weighted by atomic mass is 10.0. The molecule has 2 unspecified atom stereocenters. The molecule has 3 rings (SSSR count). The Morgan fingerprint density at radius 1 is 1.25 bits per heavy atom. The molecule has 0 aromatic heterocycles. The predicted octanol–water partition coefficient (Wildman–Crippen LogP) is 4.24. The minimum absolute atomic E-state index is 0.177. The van der Waals surface area contributed by atoms with Gasteiger partial charge in [0.2, 0.25) is 0 Å². The van der Waals surface area contributed by atoms with Crippen molar-refractivity contribution in [1.29, 1.82) is 0 Å². The third-order valence-electron chi connectivity index (χ3n) is 4.79. The van der Waals surface area contributed by atoms with Gasteiger partial charge in [0.05, 0.1) is 0 Å². The Bertz CT molecular complexity index is 632. The fourth-order valence-corrected chi connectivity index (χ4v) is 2.97. The van der Waals surface area contributed by atoms with Gasteiger partial charge in [-0.25, -0.2) is 0 Å². The first kappa shape index (κ1) is 13.4. The Morgan fingerprint density at radius 3 is 2.65 bits per heavy atom. The molecule has 1 aliphatic carbocycles. The summed E-state index contributed by atoms with van der Waals surface area (Å²) in [5.41, 5.74) is 1.49. The van der Waals surface area contributed by atoms with Crippen LogP contribution in [-0.2, 0) is 0 Å². The van der Waals surface area contributed by atoms with E-state index >= 15 is 0 Å². The van der Waals surface area contributed by atoms with Gasteiger partial charge < -0.3 is 10.4 Å². The van der Waals surface area contributed by atoms with Crippen LogP contribution in [0.5, 0.6) is 5.75 Å². The zero-order chi connectivity index (χ0) is 14.3. The van der Waals surface area contributed by atoms with Crippen molar-refractivity contribution in [3.8, 4) is 5.75 Å². The zero-order valence-electron chi connectivity index (χ0n) is 12.5. The highest BCUT2D eigenvalue weighted by Gasteiger charge is 2.44. The zero-order valence-corrected chi connectivity index (χ0v) is 12.5. The number of hydrogen-bond acceptors (Lipinski definition) is 2. The van der Waals surface area contributed by atoms with Crippen molar-refractivity contribution in [3.63, 3.8) is 0 Å². The van der Waals surface area contributed by atoms with Gasteiger partial charge in [-0.15, -0.1) is 0 Å². The normalized spacial score (nSPS) is 21.9. The van der Waals surface area contributed by atoms with Crippen LogP contribution in [0.15, 0.2) is 36.4 Å². The van der Waals surface area contributed by atoms with Crippen LogP contribution < -0.4 is 5.32 Å². The lowest BCUT2D eigenvalue weighted by Gasteiger charge is -2.17. The first-order valence-electron chi connectivity index (χ1n) is 7.43. The number of phenols is 1. The van der Waals surface area contributed by atoms with Crippen LogP contribution >= 0.6 is 0 Å². The number of benzene rings is 2. The van der Waals surface area contributed by atoms with E-state index in [1.807, 2.05) is 30.3 Å². The molecule has 0 saturated heterocycles. The van der Waals surface area contributed by atoms with E-state index in [0.29, 0.717) is 11.2 Å². The second-order valence-electron chi connectivity index (χ2n) is 6.74. The van der Waals surface area contributed by atoms with E-state index in [0.717, 1.165) is 28.8 Å². The van der Waals surface area contributed by atoms with E-state index in [1.165, 1.54) is 6.42 Å². The van der Waals surface area contributed by atoms with Crippen molar-refractivity contribution in [2.45, 2.75) is 33.2 Å². The van der Waals surface area contributed by atoms with E-state index in [2.05, 4.69) is 32.2 Å². The van der Waals surface area contributed by atoms with Gasteiger partial charge >= 0.3 is 0 Å². The van der Waals surface area contributed by atoms with Gasteiger partial charge in [-0.05, 0) is 36.6 Å². The predicted molar refractivity (Wildman–Crippen MR) is 83.9 cm³/mol. The number of fused-ring (bicyclic) bond motifs is 1. The Labute approximate surface area is 120 Å². The minimum atomic E-state index is 0.177. The highest BCUT2D eigenvalue weighted by atomic mass is 16.3. The second kappa shape index (κ2) is 4.78. The van der Waals surface area contributed by atoms with Crippen molar-refractivity contribution < 1.29 is 5.11 Å². The van der Waals surface area contributed by atoms with Crippen molar-refractivity contribution >= 4 is 10.8 Å². The quantitative estimate of drug-likeness (QED) is 0.870. The molecule has 0 aliphatic heterocycles. The van der Waals surface area contributed by atoms with Crippen LogP contribution in [0.25, 0.3) is 10.8 Å². The summed E-state index contributed by atoms with van der Waals surface area (Å²) in [6, 6.07) is 12.3. The Morgan fingerprint density at radius 2 is 1.95 bits per heavy atom. The molecule has 0 spiro atoms. The molecule has 0 bridgehead atoms.